The van der Waals surface area contributed by atoms with Crippen molar-refractivity contribution < 1.29 is 0 Å². The summed E-state index contributed by atoms with van der Waals surface area (Å²) in [4.78, 5) is 12.9. The minimum atomic E-state index is 0.495. The third kappa shape index (κ3) is 2.87. The van der Waals surface area contributed by atoms with Gasteiger partial charge in [0.25, 0.3) is 0 Å². The molecule has 0 aliphatic carbocycles. The molecular formula is C15H14ClN5. The van der Waals surface area contributed by atoms with Crippen LogP contribution in [0.4, 0.5) is 11.6 Å². The van der Waals surface area contributed by atoms with Crippen molar-refractivity contribution in [2.45, 2.75) is 6.92 Å². The zero-order chi connectivity index (χ0) is 14.8. The fourth-order valence-electron chi connectivity index (χ4n) is 2.01. The van der Waals surface area contributed by atoms with Crippen LogP contribution < -0.4 is 5.32 Å². The first-order valence-electron chi connectivity index (χ1n) is 6.47. The number of pyridine rings is 1. The Balaban J connectivity index is 1.96. The SMILES string of the molecule is Cc1ncccc1Nc1ncc(Cl)c(-c2ccn(C)c2)n1. The van der Waals surface area contributed by atoms with Gasteiger partial charge in [0, 0.05) is 31.2 Å². The van der Waals surface area contributed by atoms with Gasteiger partial charge in [0.2, 0.25) is 5.95 Å². The fraction of sp³-hybridized carbons (Fsp3) is 0.133. The van der Waals surface area contributed by atoms with Gasteiger partial charge < -0.3 is 9.88 Å². The maximum atomic E-state index is 6.20. The van der Waals surface area contributed by atoms with Crippen molar-refractivity contribution in [3.63, 3.8) is 0 Å². The number of nitrogens with one attached hydrogen (secondary N) is 1. The summed E-state index contributed by atoms with van der Waals surface area (Å²) in [6.07, 6.45) is 7.27. The molecule has 0 spiro atoms. The molecule has 3 aromatic rings. The Morgan fingerprint density at radius 2 is 2.10 bits per heavy atom. The van der Waals surface area contributed by atoms with E-state index < -0.39 is 0 Å². The van der Waals surface area contributed by atoms with E-state index in [9.17, 15) is 0 Å². The standard InChI is InChI=1S/C15H14ClN5/c1-10-13(4-3-6-17-10)19-15-18-8-12(16)14(20-15)11-5-7-21(2)9-11/h3-9H,1-2H3,(H,18,19,20). The largest absolute Gasteiger partial charge is 0.357 e. The van der Waals surface area contributed by atoms with E-state index in [0.29, 0.717) is 16.7 Å². The van der Waals surface area contributed by atoms with Crippen LogP contribution in [-0.4, -0.2) is 19.5 Å². The van der Waals surface area contributed by atoms with Gasteiger partial charge in [-0.25, -0.2) is 9.97 Å². The molecule has 5 nitrogen and oxygen atoms in total. The molecule has 3 rings (SSSR count). The molecule has 0 unspecified atom stereocenters. The molecule has 3 aromatic heterocycles. The molecule has 21 heavy (non-hydrogen) atoms. The second-order valence-corrected chi connectivity index (χ2v) is 5.12. The molecule has 0 aromatic carbocycles. The Morgan fingerprint density at radius 1 is 1.24 bits per heavy atom. The number of hydrogen-bond acceptors (Lipinski definition) is 4. The molecule has 0 aliphatic heterocycles. The monoisotopic (exact) mass is 299 g/mol. The quantitative estimate of drug-likeness (QED) is 0.803. The van der Waals surface area contributed by atoms with Crippen LogP contribution in [0.1, 0.15) is 5.69 Å². The van der Waals surface area contributed by atoms with Gasteiger partial charge in [0.1, 0.15) is 0 Å². The van der Waals surface area contributed by atoms with Gasteiger partial charge in [-0.3, -0.25) is 4.98 Å². The third-order valence-corrected chi connectivity index (χ3v) is 3.38. The van der Waals surface area contributed by atoms with Gasteiger partial charge in [0.15, 0.2) is 0 Å². The first-order chi connectivity index (χ1) is 10.1. The van der Waals surface area contributed by atoms with E-state index in [2.05, 4.69) is 20.3 Å². The topological polar surface area (TPSA) is 55.6 Å². The highest BCUT2D eigenvalue weighted by Crippen LogP contribution is 2.27. The summed E-state index contributed by atoms with van der Waals surface area (Å²) in [5, 5.41) is 3.69. The second-order valence-electron chi connectivity index (χ2n) is 4.72. The molecule has 6 heteroatoms. The van der Waals surface area contributed by atoms with Crippen LogP contribution in [0, 0.1) is 6.92 Å². The first kappa shape index (κ1) is 13.6. The van der Waals surface area contributed by atoms with Crippen LogP contribution in [0.3, 0.4) is 0 Å². The Morgan fingerprint density at radius 3 is 2.81 bits per heavy atom. The molecule has 0 aliphatic rings. The minimum absolute atomic E-state index is 0.495. The molecule has 0 amide bonds. The average Bonchev–Trinajstić information content (AvgIpc) is 2.90. The van der Waals surface area contributed by atoms with Crippen molar-refractivity contribution in [2.75, 3.05) is 5.32 Å². The zero-order valence-electron chi connectivity index (χ0n) is 11.7. The average molecular weight is 300 g/mol. The molecule has 3 heterocycles. The predicted molar refractivity (Wildman–Crippen MR) is 83.7 cm³/mol. The first-order valence-corrected chi connectivity index (χ1v) is 6.85. The summed E-state index contributed by atoms with van der Waals surface area (Å²) in [5.74, 6) is 0.495. The van der Waals surface area contributed by atoms with Crippen LogP contribution in [0.2, 0.25) is 5.02 Å². The third-order valence-electron chi connectivity index (χ3n) is 3.10. The summed E-state index contributed by atoms with van der Waals surface area (Å²) in [7, 11) is 1.96. The number of hydrogen-bond donors (Lipinski definition) is 1. The maximum Gasteiger partial charge on any atom is 0.227 e. The van der Waals surface area contributed by atoms with Crippen LogP contribution in [-0.2, 0) is 7.05 Å². The lowest BCUT2D eigenvalue weighted by molar-refractivity contribution is 0.928. The predicted octanol–water partition coefficient (Wildman–Crippen LogP) is 3.58. The normalized spacial score (nSPS) is 10.6. The number of anilines is 2. The number of nitrogens with zero attached hydrogens (tertiary/aromatic N) is 4. The summed E-state index contributed by atoms with van der Waals surface area (Å²) in [5.41, 5.74) is 3.42. The number of halogens is 1. The van der Waals surface area contributed by atoms with Gasteiger partial charge in [-0.05, 0) is 25.1 Å². The number of rotatable bonds is 3. The maximum absolute atomic E-state index is 6.20. The second kappa shape index (κ2) is 5.54. The molecule has 0 saturated heterocycles. The Bertz CT molecular complexity index is 781. The van der Waals surface area contributed by atoms with E-state index in [1.54, 1.807) is 12.4 Å². The highest BCUT2D eigenvalue weighted by Gasteiger charge is 2.10. The Kier molecular flexibility index (Phi) is 3.58. The van der Waals surface area contributed by atoms with Gasteiger partial charge >= 0.3 is 0 Å². The number of aromatic nitrogens is 4. The minimum Gasteiger partial charge on any atom is -0.357 e. The van der Waals surface area contributed by atoms with Crippen molar-refractivity contribution in [1.29, 1.82) is 0 Å². The zero-order valence-corrected chi connectivity index (χ0v) is 12.5. The van der Waals surface area contributed by atoms with Crippen LogP contribution >= 0.6 is 11.6 Å². The van der Waals surface area contributed by atoms with Crippen molar-refractivity contribution >= 4 is 23.2 Å². The van der Waals surface area contributed by atoms with Gasteiger partial charge in [0.05, 0.1) is 28.3 Å². The highest BCUT2D eigenvalue weighted by atomic mass is 35.5. The van der Waals surface area contributed by atoms with E-state index in [0.717, 1.165) is 16.9 Å². The van der Waals surface area contributed by atoms with E-state index in [4.69, 9.17) is 11.6 Å². The summed E-state index contributed by atoms with van der Waals surface area (Å²) < 4.78 is 1.95. The van der Waals surface area contributed by atoms with E-state index >= 15 is 0 Å². The van der Waals surface area contributed by atoms with E-state index in [-0.39, 0.29) is 0 Å². The van der Waals surface area contributed by atoms with E-state index in [1.165, 1.54) is 0 Å². The molecule has 0 radical (unpaired) electrons. The molecule has 0 atom stereocenters. The number of aryl methyl sites for hydroxylation is 2. The molecular weight excluding hydrogens is 286 g/mol. The molecule has 0 bridgehead atoms. The van der Waals surface area contributed by atoms with E-state index in [1.807, 2.05) is 49.1 Å². The van der Waals surface area contributed by atoms with Gasteiger partial charge in [-0.1, -0.05) is 11.6 Å². The molecule has 0 saturated carbocycles. The lowest BCUT2D eigenvalue weighted by atomic mass is 10.2. The summed E-state index contributed by atoms with van der Waals surface area (Å²) >= 11 is 6.20. The van der Waals surface area contributed by atoms with Crippen molar-refractivity contribution in [2.24, 2.45) is 7.05 Å². The molecule has 1 N–H and O–H groups in total. The lowest BCUT2D eigenvalue weighted by Crippen LogP contribution is -2.00. The molecule has 0 fully saturated rings. The van der Waals surface area contributed by atoms with Crippen molar-refractivity contribution in [3.8, 4) is 11.3 Å². The molecule has 106 valence electrons. The van der Waals surface area contributed by atoms with Crippen LogP contribution in [0.15, 0.2) is 43.0 Å². The Labute approximate surface area is 127 Å². The van der Waals surface area contributed by atoms with Crippen LogP contribution in [0.5, 0.6) is 0 Å². The van der Waals surface area contributed by atoms with Crippen LogP contribution in [0.25, 0.3) is 11.3 Å². The smallest absolute Gasteiger partial charge is 0.227 e. The summed E-state index contributed by atoms with van der Waals surface area (Å²) in [6.45, 7) is 1.93. The van der Waals surface area contributed by atoms with Crippen molar-refractivity contribution in [1.82, 2.24) is 19.5 Å². The van der Waals surface area contributed by atoms with Crippen molar-refractivity contribution in [3.05, 3.63) is 53.7 Å². The van der Waals surface area contributed by atoms with Gasteiger partial charge in [-0.2, -0.15) is 0 Å². The highest BCUT2D eigenvalue weighted by molar-refractivity contribution is 6.32. The lowest BCUT2D eigenvalue weighted by Gasteiger charge is -2.08. The summed E-state index contributed by atoms with van der Waals surface area (Å²) in [6, 6.07) is 5.76. The van der Waals surface area contributed by atoms with Gasteiger partial charge in [-0.15, -0.1) is 0 Å². The fourth-order valence-corrected chi connectivity index (χ4v) is 2.21. The Hall–Kier alpha value is -2.40.